The van der Waals surface area contributed by atoms with Crippen LogP contribution in [0.1, 0.15) is 5.69 Å². The summed E-state index contributed by atoms with van der Waals surface area (Å²) in [5.41, 5.74) is 6.52. The van der Waals surface area contributed by atoms with Gasteiger partial charge >= 0.3 is 0 Å². The van der Waals surface area contributed by atoms with Crippen molar-refractivity contribution in [1.82, 2.24) is 9.78 Å². The first-order valence-electron chi connectivity index (χ1n) is 3.05. The Morgan fingerprint density at radius 3 is 2.80 bits per heavy atom. The molecule has 0 spiro atoms. The molecule has 1 aromatic heterocycles. The molecule has 1 aromatic rings. The first-order valence-corrected chi connectivity index (χ1v) is 4.27. The van der Waals surface area contributed by atoms with E-state index in [1.807, 2.05) is 24.1 Å². The molecule has 1 rings (SSSR count). The van der Waals surface area contributed by atoms with E-state index in [9.17, 15) is 0 Å². The SMILES string of the molecule is CSc1cc(CN)n(C)n1. The average Bonchev–Trinajstić information content (AvgIpc) is 2.30. The van der Waals surface area contributed by atoms with Crippen molar-refractivity contribution in [2.45, 2.75) is 11.6 Å². The molecule has 3 nitrogen and oxygen atoms in total. The van der Waals surface area contributed by atoms with Crippen LogP contribution in [0.25, 0.3) is 0 Å². The third-order valence-corrected chi connectivity index (χ3v) is 1.99. The minimum Gasteiger partial charge on any atom is -0.325 e. The molecule has 0 radical (unpaired) electrons. The summed E-state index contributed by atoms with van der Waals surface area (Å²) in [5, 5.41) is 5.23. The summed E-state index contributed by atoms with van der Waals surface area (Å²) < 4.78 is 1.81. The van der Waals surface area contributed by atoms with Crippen molar-refractivity contribution in [3.05, 3.63) is 11.8 Å². The predicted molar refractivity (Wildman–Crippen MR) is 42.9 cm³/mol. The van der Waals surface area contributed by atoms with Gasteiger partial charge in [-0.2, -0.15) is 5.10 Å². The minimum absolute atomic E-state index is 0.560. The molecule has 2 N–H and O–H groups in total. The normalized spacial score (nSPS) is 10.3. The lowest BCUT2D eigenvalue weighted by Crippen LogP contribution is -2.03. The number of hydrogen-bond donors (Lipinski definition) is 1. The Balaban J connectivity index is 2.92. The van der Waals surface area contributed by atoms with Crippen LogP contribution in [0, 0.1) is 0 Å². The maximum atomic E-state index is 5.45. The van der Waals surface area contributed by atoms with Crippen molar-refractivity contribution in [3.8, 4) is 0 Å². The molecule has 0 aromatic carbocycles. The molecule has 0 aliphatic heterocycles. The summed E-state index contributed by atoms with van der Waals surface area (Å²) in [6.45, 7) is 0.560. The van der Waals surface area contributed by atoms with Crippen molar-refractivity contribution >= 4 is 11.8 Å². The van der Waals surface area contributed by atoms with Crippen LogP contribution < -0.4 is 5.73 Å². The molecule has 0 aliphatic carbocycles. The van der Waals surface area contributed by atoms with Crippen molar-refractivity contribution in [3.63, 3.8) is 0 Å². The zero-order chi connectivity index (χ0) is 7.56. The zero-order valence-electron chi connectivity index (χ0n) is 6.16. The van der Waals surface area contributed by atoms with Gasteiger partial charge in [0.05, 0.1) is 5.69 Å². The van der Waals surface area contributed by atoms with Gasteiger partial charge < -0.3 is 5.73 Å². The molecular weight excluding hydrogens is 146 g/mol. The van der Waals surface area contributed by atoms with Gasteiger partial charge in [-0.1, -0.05) is 0 Å². The first kappa shape index (κ1) is 7.63. The van der Waals surface area contributed by atoms with Gasteiger partial charge in [0, 0.05) is 13.6 Å². The van der Waals surface area contributed by atoms with E-state index in [4.69, 9.17) is 5.73 Å². The molecule has 0 atom stereocenters. The summed E-state index contributed by atoms with van der Waals surface area (Å²) in [6, 6.07) is 2.00. The number of aromatic nitrogens is 2. The van der Waals surface area contributed by atoms with Crippen LogP contribution in [-0.4, -0.2) is 16.0 Å². The van der Waals surface area contributed by atoms with E-state index in [0.717, 1.165) is 10.7 Å². The highest BCUT2D eigenvalue weighted by Crippen LogP contribution is 2.12. The fourth-order valence-electron chi connectivity index (χ4n) is 0.768. The quantitative estimate of drug-likeness (QED) is 0.639. The van der Waals surface area contributed by atoms with Gasteiger partial charge in [0.1, 0.15) is 5.03 Å². The molecular formula is C6H11N3S. The number of hydrogen-bond acceptors (Lipinski definition) is 3. The topological polar surface area (TPSA) is 43.8 Å². The number of nitrogens with zero attached hydrogens (tertiary/aromatic N) is 2. The van der Waals surface area contributed by atoms with Crippen molar-refractivity contribution < 1.29 is 0 Å². The van der Waals surface area contributed by atoms with E-state index in [-0.39, 0.29) is 0 Å². The van der Waals surface area contributed by atoms with Crippen LogP contribution in [0.2, 0.25) is 0 Å². The smallest absolute Gasteiger partial charge is 0.118 e. The Hall–Kier alpha value is -0.480. The summed E-state index contributed by atoms with van der Waals surface area (Å²) in [6.07, 6.45) is 2.00. The van der Waals surface area contributed by atoms with E-state index in [1.165, 1.54) is 0 Å². The Morgan fingerprint density at radius 2 is 2.50 bits per heavy atom. The van der Waals surface area contributed by atoms with Gasteiger partial charge in [-0.25, -0.2) is 0 Å². The molecule has 0 saturated carbocycles. The number of aryl methyl sites for hydroxylation is 1. The number of nitrogens with two attached hydrogens (primary N) is 1. The van der Waals surface area contributed by atoms with Crippen LogP contribution in [-0.2, 0) is 13.6 Å². The predicted octanol–water partition coefficient (Wildman–Crippen LogP) is 0.601. The van der Waals surface area contributed by atoms with Gasteiger partial charge in [-0.15, -0.1) is 11.8 Å². The molecule has 4 heteroatoms. The highest BCUT2D eigenvalue weighted by molar-refractivity contribution is 7.98. The Labute approximate surface area is 64.6 Å². The molecule has 10 heavy (non-hydrogen) atoms. The molecule has 56 valence electrons. The van der Waals surface area contributed by atoms with Crippen LogP contribution in [0.15, 0.2) is 11.1 Å². The summed E-state index contributed by atoms with van der Waals surface area (Å²) in [5.74, 6) is 0. The van der Waals surface area contributed by atoms with Crippen molar-refractivity contribution in [1.29, 1.82) is 0 Å². The summed E-state index contributed by atoms with van der Waals surface area (Å²) in [4.78, 5) is 0. The van der Waals surface area contributed by atoms with Crippen molar-refractivity contribution in [2.75, 3.05) is 6.26 Å². The second-order valence-electron chi connectivity index (χ2n) is 2.01. The fourth-order valence-corrected chi connectivity index (χ4v) is 1.23. The zero-order valence-corrected chi connectivity index (χ0v) is 6.98. The Morgan fingerprint density at radius 1 is 1.80 bits per heavy atom. The highest BCUT2D eigenvalue weighted by Gasteiger charge is 2.00. The van der Waals surface area contributed by atoms with E-state index < -0.39 is 0 Å². The van der Waals surface area contributed by atoms with E-state index >= 15 is 0 Å². The number of rotatable bonds is 2. The minimum atomic E-state index is 0.560. The van der Waals surface area contributed by atoms with Crippen LogP contribution in [0.4, 0.5) is 0 Å². The molecule has 0 fully saturated rings. The fraction of sp³-hybridized carbons (Fsp3) is 0.500. The Bertz CT molecular complexity index is 219. The highest BCUT2D eigenvalue weighted by atomic mass is 32.2. The largest absolute Gasteiger partial charge is 0.325 e. The van der Waals surface area contributed by atoms with Gasteiger partial charge in [0.2, 0.25) is 0 Å². The second-order valence-corrected chi connectivity index (χ2v) is 2.83. The number of thioether (sulfide) groups is 1. The van der Waals surface area contributed by atoms with Gasteiger partial charge in [0.15, 0.2) is 0 Å². The standard InChI is InChI=1S/C6H11N3S/c1-9-5(4-7)3-6(8-9)10-2/h3H,4,7H2,1-2H3. The van der Waals surface area contributed by atoms with Crippen LogP contribution in [0.3, 0.4) is 0 Å². The summed E-state index contributed by atoms with van der Waals surface area (Å²) in [7, 11) is 1.90. The first-order chi connectivity index (χ1) is 4.77. The van der Waals surface area contributed by atoms with Gasteiger partial charge in [-0.05, 0) is 12.3 Å². The lowest BCUT2D eigenvalue weighted by molar-refractivity contribution is 0.694. The lowest BCUT2D eigenvalue weighted by atomic mass is 10.4. The van der Waals surface area contributed by atoms with E-state index in [0.29, 0.717) is 6.54 Å². The lowest BCUT2D eigenvalue weighted by Gasteiger charge is -1.92. The Kier molecular flexibility index (Phi) is 2.34. The molecule has 1 heterocycles. The van der Waals surface area contributed by atoms with Gasteiger partial charge in [0.25, 0.3) is 0 Å². The summed E-state index contributed by atoms with van der Waals surface area (Å²) >= 11 is 1.63. The molecule has 0 amide bonds. The van der Waals surface area contributed by atoms with Gasteiger partial charge in [-0.3, -0.25) is 4.68 Å². The third-order valence-electron chi connectivity index (χ3n) is 1.37. The van der Waals surface area contributed by atoms with E-state index in [1.54, 1.807) is 11.8 Å². The van der Waals surface area contributed by atoms with Crippen molar-refractivity contribution in [2.24, 2.45) is 12.8 Å². The third kappa shape index (κ3) is 1.33. The van der Waals surface area contributed by atoms with Crippen LogP contribution >= 0.6 is 11.8 Å². The molecule has 0 unspecified atom stereocenters. The monoisotopic (exact) mass is 157 g/mol. The maximum Gasteiger partial charge on any atom is 0.118 e. The molecule has 0 aliphatic rings. The van der Waals surface area contributed by atoms with E-state index in [2.05, 4.69) is 5.10 Å². The second kappa shape index (κ2) is 3.07. The molecule has 0 saturated heterocycles. The molecule has 0 bridgehead atoms. The average molecular weight is 157 g/mol. The van der Waals surface area contributed by atoms with Crippen LogP contribution in [0.5, 0.6) is 0 Å². The maximum absolute atomic E-state index is 5.45.